The van der Waals surface area contributed by atoms with Gasteiger partial charge in [-0.25, -0.2) is 0 Å². The highest BCUT2D eigenvalue weighted by atomic mass is 16.6. The molecule has 0 N–H and O–H groups in total. The largest absolute Gasteiger partial charge is 0.456 e. The second kappa shape index (κ2) is 7.70. The molecule has 1 aliphatic heterocycles. The first-order valence-corrected chi connectivity index (χ1v) is 8.30. The van der Waals surface area contributed by atoms with Gasteiger partial charge in [0.2, 0.25) is 6.23 Å². The Labute approximate surface area is 154 Å². The fourth-order valence-corrected chi connectivity index (χ4v) is 2.91. The lowest BCUT2D eigenvalue weighted by Gasteiger charge is -2.39. The van der Waals surface area contributed by atoms with Gasteiger partial charge < -0.3 is 18.9 Å². The van der Waals surface area contributed by atoms with Crippen molar-refractivity contribution in [2.45, 2.75) is 45.3 Å². The zero-order chi connectivity index (χ0) is 19.6. The minimum Gasteiger partial charge on any atom is -0.456 e. The van der Waals surface area contributed by atoms with Crippen LogP contribution < -0.4 is 0 Å². The van der Waals surface area contributed by atoms with Crippen LogP contribution in [0.2, 0.25) is 0 Å². The quantitative estimate of drug-likeness (QED) is 0.562. The predicted molar refractivity (Wildman–Crippen MR) is 89.2 cm³/mol. The Kier molecular flexibility index (Phi) is 5.36. The maximum Gasteiger partial charge on any atom is 0.303 e. The summed E-state index contributed by atoms with van der Waals surface area (Å²) >= 11 is 0. The number of esters is 3. The summed E-state index contributed by atoms with van der Waals surface area (Å²) in [7, 11) is 0. The summed E-state index contributed by atoms with van der Waals surface area (Å²) in [4.78, 5) is 35.9. The first-order chi connectivity index (χ1) is 12.8. The molecule has 1 aliphatic rings. The van der Waals surface area contributed by atoms with Crippen molar-refractivity contribution in [1.82, 2.24) is 15.0 Å². The fourth-order valence-electron chi connectivity index (χ4n) is 2.91. The number of hydrogen-bond donors (Lipinski definition) is 0. The van der Waals surface area contributed by atoms with Gasteiger partial charge in [-0.3, -0.25) is 14.4 Å². The number of benzene rings is 1. The molecule has 0 bridgehead atoms. The van der Waals surface area contributed by atoms with E-state index in [2.05, 4.69) is 10.2 Å². The summed E-state index contributed by atoms with van der Waals surface area (Å²) in [6.45, 7) is 3.56. The van der Waals surface area contributed by atoms with Gasteiger partial charge in [-0.2, -0.15) is 10.2 Å². The summed E-state index contributed by atoms with van der Waals surface area (Å²) in [5.41, 5.74) is 1.24. The molecular weight excluding hydrogens is 358 g/mol. The van der Waals surface area contributed by atoms with E-state index in [1.165, 1.54) is 25.6 Å². The molecule has 27 heavy (non-hydrogen) atoms. The molecule has 0 radical (unpaired) electrons. The van der Waals surface area contributed by atoms with Crippen LogP contribution in [0, 0.1) is 0 Å². The molecule has 3 rings (SSSR count). The third-order valence-electron chi connectivity index (χ3n) is 3.85. The molecule has 4 unspecified atom stereocenters. The molecule has 0 aliphatic carbocycles. The molecular formula is C17H19N3O7. The highest BCUT2D eigenvalue weighted by Crippen LogP contribution is 2.30. The summed E-state index contributed by atoms with van der Waals surface area (Å²) in [5.74, 6) is -1.82. The first-order valence-electron chi connectivity index (χ1n) is 8.30. The first kappa shape index (κ1) is 18.8. The molecule has 1 aromatic heterocycles. The third kappa shape index (κ3) is 4.22. The Balaban J connectivity index is 1.97. The number of rotatable bonds is 4. The van der Waals surface area contributed by atoms with E-state index < -0.39 is 42.4 Å². The van der Waals surface area contributed by atoms with Crippen molar-refractivity contribution in [3.05, 3.63) is 24.3 Å². The lowest BCUT2D eigenvalue weighted by molar-refractivity contribution is -0.243. The molecule has 1 fully saturated rings. The normalized spacial score (nSPS) is 25.0. The molecule has 0 saturated carbocycles. The Morgan fingerprint density at radius 1 is 0.926 bits per heavy atom. The van der Waals surface area contributed by atoms with Crippen LogP contribution in [-0.2, 0) is 33.3 Å². The summed E-state index contributed by atoms with van der Waals surface area (Å²) in [6, 6.07) is 7.16. The second-order valence-corrected chi connectivity index (χ2v) is 6.03. The zero-order valence-electron chi connectivity index (χ0n) is 15.0. The van der Waals surface area contributed by atoms with Crippen molar-refractivity contribution in [2.75, 3.05) is 6.61 Å². The maximum absolute atomic E-state index is 11.6. The molecule has 2 aromatic rings. The highest BCUT2D eigenvalue weighted by molar-refractivity contribution is 5.73. The van der Waals surface area contributed by atoms with Gasteiger partial charge in [0.15, 0.2) is 18.3 Å². The van der Waals surface area contributed by atoms with Crippen molar-refractivity contribution in [1.29, 1.82) is 0 Å². The average molecular weight is 377 g/mol. The van der Waals surface area contributed by atoms with Crippen molar-refractivity contribution < 1.29 is 33.3 Å². The number of hydrogen-bond acceptors (Lipinski definition) is 9. The topological polar surface area (TPSA) is 119 Å². The lowest BCUT2D eigenvalue weighted by Crippen LogP contribution is -2.55. The zero-order valence-corrected chi connectivity index (χ0v) is 15.0. The van der Waals surface area contributed by atoms with Gasteiger partial charge in [-0.15, -0.1) is 4.80 Å². The van der Waals surface area contributed by atoms with Crippen LogP contribution in [0.3, 0.4) is 0 Å². The molecule has 10 nitrogen and oxygen atoms in total. The summed E-state index contributed by atoms with van der Waals surface area (Å²) < 4.78 is 21.5. The molecule has 4 atom stereocenters. The van der Waals surface area contributed by atoms with E-state index in [1.54, 1.807) is 12.1 Å². The molecule has 2 heterocycles. The summed E-state index contributed by atoms with van der Waals surface area (Å²) in [5, 5.41) is 8.67. The fraction of sp³-hybridized carbons (Fsp3) is 0.471. The molecule has 1 saturated heterocycles. The van der Waals surface area contributed by atoms with Gasteiger partial charge in [0, 0.05) is 20.8 Å². The number of carbonyl (C=O) groups excluding carboxylic acids is 3. The number of fused-ring (bicyclic) bond motifs is 1. The molecule has 0 spiro atoms. The monoisotopic (exact) mass is 377 g/mol. The van der Waals surface area contributed by atoms with Crippen LogP contribution in [0.15, 0.2) is 24.3 Å². The van der Waals surface area contributed by atoms with Gasteiger partial charge in [0.25, 0.3) is 0 Å². The van der Waals surface area contributed by atoms with Crippen LogP contribution in [0.25, 0.3) is 11.0 Å². The van der Waals surface area contributed by atoms with E-state index in [9.17, 15) is 14.4 Å². The van der Waals surface area contributed by atoms with Gasteiger partial charge in [0.1, 0.15) is 11.0 Å². The Morgan fingerprint density at radius 2 is 1.44 bits per heavy atom. The number of carbonyl (C=O) groups is 3. The highest BCUT2D eigenvalue weighted by Gasteiger charge is 2.48. The average Bonchev–Trinajstić information content (AvgIpc) is 3.00. The maximum atomic E-state index is 11.6. The van der Waals surface area contributed by atoms with Crippen molar-refractivity contribution in [3.8, 4) is 0 Å². The van der Waals surface area contributed by atoms with Crippen LogP contribution in [0.5, 0.6) is 0 Å². The lowest BCUT2D eigenvalue weighted by atomic mass is 10.0. The summed E-state index contributed by atoms with van der Waals surface area (Å²) in [6.07, 6.45) is -4.07. The molecule has 144 valence electrons. The number of ether oxygens (including phenoxy) is 4. The van der Waals surface area contributed by atoms with E-state index in [4.69, 9.17) is 18.9 Å². The Bertz CT molecular complexity index is 832. The predicted octanol–water partition coefficient (Wildman–Crippen LogP) is 0.755. The standard InChI is InChI=1S/C17H19N3O7/c1-9(21)25-14-8-24-17(16(27-11(3)23)15(14)26-10(2)22)20-18-12-6-4-5-7-13(12)19-20/h4-7,14-17H,8H2,1-3H3. The van der Waals surface area contributed by atoms with Gasteiger partial charge in [-0.1, -0.05) is 12.1 Å². The molecule has 10 heteroatoms. The second-order valence-electron chi connectivity index (χ2n) is 6.03. The van der Waals surface area contributed by atoms with Crippen molar-refractivity contribution in [2.24, 2.45) is 0 Å². The molecule has 0 amide bonds. The van der Waals surface area contributed by atoms with Crippen LogP contribution in [-0.4, -0.2) is 57.8 Å². The van der Waals surface area contributed by atoms with E-state index >= 15 is 0 Å². The van der Waals surface area contributed by atoms with Crippen molar-refractivity contribution in [3.63, 3.8) is 0 Å². The minimum absolute atomic E-state index is 0.0855. The third-order valence-corrected chi connectivity index (χ3v) is 3.85. The Hall–Kier alpha value is -3.01. The van der Waals surface area contributed by atoms with E-state index in [0.29, 0.717) is 11.0 Å². The van der Waals surface area contributed by atoms with Gasteiger partial charge >= 0.3 is 17.9 Å². The van der Waals surface area contributed by atoms with Crippen molar-refractivity contribution >= 4 is 28.9 Å². The van der Waals surface area contributed by atoms with Gasteiger partial charge in [-0.05, 0) is 12.1 Å². The minimum atomic E-state index is -1.11. The van der Waals surface area contributed by atoms with E-state index in [1.807, 2.05) is 12.1 Å². The number of nitrogens with zero attached hydrogens (tertiary/aromatic N) is 3. The SMILES string of the molecule is CC(=O)OC1COC(n2nc3ccccc3n2)C(OC(C)=O)C1OC(C)=O. The number of aromatic nitrogens is 3. The van der Waals surface area contributed by atoms with Crippen LogP contribution >= 0.6 is 0 Å². The van der Waals surface area contributed by atoms with Gasteiger partial charge in [0.05, 0.1) is 6.61 Å². The van der Waals surface area contributed by atoms with Crippen LogP contribution in [0.1, 0.15) is 27.0 Å². The van der Waals surface area contributed by atoms with E-state index in [-0.39, 0.29) is 6.61 Å². The van der Waals surface area contributed by atoms with Crippen LogP contribution in [0.4, 0.5) is 0 Å². The van der Waals surface area contributed by atoms with E-state index in [0.717, 1.165) is 0 Å². The Morgan fingerprint density at radius 3 is 1.96 bits per heavy atom. The smallest absolute Gasteiger partial charge is 0.303 e. The molecule has 1 aromatic carbocycles.